The summed E-state index contributed by atoms with van der Waals surface area (Å²) in [6.07, 6.45) is 2.56. The van der Waals surface area contributed by atoms with Crippen molar-refractivity contribution in [3.05, 3.63) is 59.2 Å². The molecule has 0 spiro atoms. The molecule has 154 valence electrons. The van der Waals surface area contributed by atoms with Crippen molar-refractivity contribution in [2.45, 2.75) is 39.7 Å². The second-order valence-corrected chi connectivity index (χ2v) is 7.76. The molecule has 2 N–H and O–H groups in total. The van der Waals surface area contributed by atoms with Crippen LogP contribution in [-0.2, 0) is 4.74 Å². The van der Waals surface area contributed by atoms with Crippen LogP contribution in [-0.4, -0.2) is 30.8 Å². The monoisotopic (exact) mass is 411 g/mol. The smallest absolute Gasteiger partial charge is 0.338 e. The number of benzene rings is 2. The van der Waals surface area contributed by atoms with Crippen LogP contribution in [0.4, 0.5) is 11.4 Å². The average molecular weight is 412 g/mol. The summed E-state index contributed by atoms with van der Waals surface area (Å²) in [5.41, 5.74) is 4.82. The molecule has 1 aliphatic heterocycles. The molecule has 0 aliphatic carbocycles. The number of ether oxygens (including phenoxy) is 1. The molecule has 2 aromatic rings. The molecule has 0 radical (unpaired) electrons. The van der Waals surface area contributed by atoms with Crippen molar-refractivity contribution >= 4 is 34.7 Å². The van der Waals surface area contributed by atoms with E-state index in [1.165, 1.54) is 24.1 Å². The predicted octanol–water partition coefficient (Wildman–Crippen LogP) is 4.82. The lowest BCUT2D eigenvalue weighted by molar-refractivity contribution is 0.0526. The molecule has 1 unspecified atom stereocenters. The number of rotatable bonds is 6. The van der Waals surface area contributed by atoms with E-state index >= 15 is 0 Å². The minimum absolute atomic E-state index is 0.0849. The lowest BCUT2D eigenvalue weighted by atomic mass is 10.1. The second-order valence-electron chi connectivity index (χ2n) is 7.36. The lowest BCUT2D eigenvalue weighted by Gasteiger charge is -2.21. The van der Waals surface area contributed by atoms with E-state index in [1.807, 2.05) is 19.1 Å². The van der Waals surface area contributed by atoms with Crippen molar-refractivity contribution in [1.29, 1.82) is 0 Å². The Balaban J connectivity index is 1.57. The minimum Gasteiger partial charge on any atom is -0.462 e. The van der Waals surface area contributed by atoms with E-state index in [4.69, 9.17) is 17.0 Å². The standard InChI is InChI=1S/C23H29N3O2S/c1-4-28-22(27)19-9-12-21(16(2)15-19)25-23(29)24-17(3)18-7-10-20(11-8-18)26-13-5-6-14-26/h7-12,15,17H,4-6,13-14H2,1-3H3,(H2,24,25,29). The van der Waals surface area contributed by atoms with Crippen LogP contribution in [0.5, 0.6) is 0 Å². The molecule has 1 fully saturated rings. The van der Waals surface area contributed by atoms with Gasteiger partial charge in [0.05, 0.1) is 18.2 Å². The highest BCUT2D eigenvalue weighted by Crippen LogP contribution is 2.23. The van der Waals surface area contributed by atoms with Crippen molar-refractivity contribution in [1.82, 2.24) is 5.32 Å². The van der Waals surface area contributed by atoms with Crippen molar-refractivity contribution < 1.29 is 9.53 Å². The molecule has 3 rings (SSSR count). The quantitative estimate of drug-likeness (QED) is 0.525. The van der Waals surface area contributed by atoms with Crippen LogP contribution in [0.25, 0.3) is 0 Å². The van der Waals surface area contributed by atoms with Gasteiger partial charge in [-0.3, -0.25) is 0 Å². The number of nitrogens with zero attached hydrogens (tertiary/aromatic N) is 1. The van der Waals surface area contributed by atoms with Crippen LogP contribution in [0.2, 0.25) is 0 Å². The molecule has 0 aromatic heterocycles. The van der Waals surface area contributed by atoms with Crippen molar-refractivity contribution in [2.75, 3.05) is 29.9 Å². The highest BCUT2D eigenvalue weighted by atomic mass is 32.1. The summed E-state index contributed by atoms with van der Waals surface area (Å²) in [6, 6.07) is 14.2. The van der Waals surface area contributed by atoms with E-state index in [9.17, 15) is 4.79 Å². The van der Waals surface area contributed by atoms with Gasteiger partial charge in [-0.05, 0) is 87.3 Å². The maximum absolute atomic E-state index is 11.9. The first kappa shape index (κ1) is 21.1. The maximum Gasteiger partial charge on any atom is 0.338 e. The SMILES string of the molecule is CCOC(=O)c1ccc(NC(=S)NC(C)c2ccc(N3CCCC3)cc2)c(C)c1. The topological polar surface area (TPSA) is 53.6 Å². The van der Waals surface area contributed by atoms with Crippen LogP contribution in [0.1, 0.15) is 54.2 Å². The number of hydrogen-bond donors (Lipinski definition) is 2. The first-order valence-electron chi connectivity index (χ1n) is 10.2. The van der Waals surface area contributed by atoms with Crippen molar-refractivity contribution in [3.63, 3.8) is 0 Å². The van der Waals surface area contributed by atoms with Gasteiger partial charge in [-0.25, -0.2) is 4.79 Å². The first-order valence-corrected chi connectivity index (χ1v) is 10.6. The Morgan fingerprint density at radius 1 is 1.17 bits per heavy atom. The number of hydrogen-bond acceptors (Lipinski definition) is 4. The van der Waals surface area contributed by atoms with Gasteiger partial charge >= 0.3 is 5.97 Å². The third-order valence-corrected chi connectivity index (χ3v) is 5.42. The molecule has 1 atom stereocenters. The highest BCUT2D eigenvalue weighted by molar-refractivity contribution is 7.80. The maximum atomic E-state index is 11.9. The fourth-order valence-corrected chi connectivity index (χ4v) is 3.82. The van der Waals surface area contributed by atoms with E-state index < -0.39 is 0 Å². The van der Waals surface area contributed by atoms with Gasteiger partial charge in [-0.1, -0.05) is 12.1 Å². The third-order valence-electron chi connectivity index (χ3n) is 5.20. The lowest BCUT2D eigenvalue weighted by Crippen LogP contribution is -2.31. The van der Waals surface area contributed by atoms with Gasteiger partial charge in [0, 0.05) is 24.5 Å². The van der Waals surface area contributed by atoms with Crippen molar-refractivity contribution in [3.8, 4) is 0 Å². The van der Waals surface area contributed by atoms with Crippen LogP contribution in [0.15, 0.2) is 42.5 Å². The minimum atomic E-state index is -0.311. The van der Waals surface area contributed by atoms with Gasteiger partial charge in [0.1, 0.15) is 0 Å². The molecule has 5 nitrogen and oxygen atoms in total. The Morgan fingerprint density at radius 2 is 1.86 bits per heavy atom. The van der Waals surface area contributed by atoms with Crippen LogP contribution in [0, 0.1) is 6.92 Å². The Hall–Kier alpha value is -2.60. The molecule has 1 aliphatic rings. The second kappa shape index (κ2) is 9.74. The molecule has 1 heterocycles. The number of carbonyl (C=O) groups excluding carboxylic acids is 1. The summed E-state index contributed by atoms with van der Waals surface area (Å²) in [5.74, 6) is -0.311. The Kier molecular flexibility index (Phi) is 7.09. The van der Waals surface area contributed by atoms with Crippen LogP contribution >= 0.6 is 12.2 Å². The Morgan fingerprint density at radius 3 is 2.48 bits per heavy atom. The van der Waals surface area contributed by atoms with E-state index in [-0.39, 0.29) is 12.0 Å². The number of carbonyl (C=O) groups is 1. The summed E-state index contributed by atoms with van der Waals surface area (Å²) in [6.45, 7) is 8.49. The fraction of sp³-hybridized carbons (Fsp3) is 0.391. The summed E-state index contributed by atoms with van der Waals surface area (Å²) in [4.78, 5) is 14.3. The van der Waals surface area contributed by atoms with E-state index in [0.29, 0.717) is 17.3 Å². The van der Waals surface area contributed by atoms with Gasteiger partial charge in [0.15, 0.2) is 5.11 Å². The normalized spacial score (nSPS) is 14.4. The zero-order valence-corrected chi connectivity index (χ0v) is 18.1. The largest absolute Gasteiger partial charge is 0.462 e. The van der Waals surface area contributed by atoms with E-state index in [1.54, 1.807) is 13.0 Å². The molecule has 6 heteroatoms. The molecule has 0 bridgehead atoms. The summed E-state index contributed by atoms with van der Waals surface area (Å²) < 4.78 is 5.05. The van der Waals surface area contributed by atoms with Gasteiger partial charge in [0.2, 0.25) is 0 Å². The van der Waals surface area contributed by atoms with Crippen molar-refractivity contribution in [2.24, 2.45) is 0 Å². The molecule has 29 heavy (non-hydrogen) atoms. The summed E-state index contributed by atoms with van der Waals surface area (Å²) >= 11 is 5.49. The number of anilines is 2. The highest BCUT2D eigenvalue weighted by Gasteiger charge is 2.14. The van der Waals surface area contributed by atoms with E-state index in [0.717, 1.165) is 24.3 Å². The molecule has 0 saturated carbocycles. The fourth-order valence-electron chi connectivity index (χ4n) is 3.53. The Bertz CT molecular complexity index is 861. The predicted molar refractivity (Wildman–Crippen MR) is 123 cm³/mol. The molecular formula is C23H29N3O2S. The van der Waals surface area contributed by atoms with Gasteiger partial charge in [-0.2, -0.15) is 0 Å². The number of esters is 1. The van der Waals surface area contributed by atoms with Crippen LogP contribution in [0.3, 0.4) is 0 Å². The number of aryl methyl sites for hydroxylation is 1. The Labute approximate surface area is 178 Å². The van der Waals surface area contributed by atoms with Gasteiger partial charge in [0.25, 0.3) is 0 Å². The zero-order valence-electron chi connectivity index (χ0n) is 17.3. The average Bonchev–Trinajstić information content (AvgIpc) is 3.24. The number of thiocarbonyl (C=S) groups is 1. The summed E-state index contributed by atoms with van der Waals surface area (Å²) in [7, 11) is 0. The van der Waals surface area contributed by atoms with Gasteiger partial charge < -0.3 is 20.3 Å². The number of nitrogens with one attached hydrogen (secondary N) is 2. The third kappa shape index (κ3) is 5.48. The molecule has 0 amide bonds. The molecule has 1 saturated heterocycles. The molecule has 2 aromatic carbocycles. The van der Waals surface area contributed by atoms with Crippen LogP contribution < -0.4 is 15.5 Å². The molecular weight excluding hydrogens is 382 g/mol. The zero-order chi connectivity index (χ0) is 20.8. The van der Waals surface area contributed by atoms with E-state index in [2.05, 4.69) is 46.7 Å². The summed E-state index contributed by atoms with van der Waals surface area (Å²) in [5, 5.41) is 7.11. The van der Waals surface area contributed by atoms with Gasteiger partial charge in [-0.15, -0.1) is 0 Å². The first-order chi connectivity index (χ1) is 14.0.